The van der Waals surface area contributed by atoms with E-state index < -0.39 is 6.10 Å². The fraction of sp³-hybridized carbons (Fsp3) is 0.235. The molecule has 0 radical (unpaired) electrons. The molecule has 0 heterocycles. The lowest BCUT2D eigenvalue weighted by Crippen LogP contribution is -2.26. The van der Waals surface area contributed by atoms with Crippen LogP contribution in [0, 0.1) is 0 Å². The number of ether oxygens (including phenoxy) is 2. The van der Waals surface area contributed by atoms with E-state index in [0.29, 0.717) is 12.4 Å². The maximum Gasteiger partial charge on any atom is 0.347 e. The summed E-state index contributed by atoms with van der Waals surface area (Å²) in [5.74, 6) is 0.441. The fourth-order valence-electron chi connectivity index (χ4n) is 1.91. The van der Waals surface area contributed by atoms with Crippen LogP contribution < -0.4 is 4.74 Å². The molecule has 0 bridgehead atoms. The molecule has 2 aromatic carbocycles. The summed E-state index contributed by atoms with van der Waals surface area (Å²) in [6.45, 7) is 3.75. The molecular formula is C17H18O4. The van der Waals surface area contributed by atoms with Crippen molar-refractivity contribution >= 4 is 5.97 Å². The number of benzene rings is 2. The molecule has 4 heteroatoms. The molecule has 0 amide bonds. The Morgan fingerprint density at radius 3 is 2.52 bits per heavy atom. The molecule has 1 atom stereocenters. The predicted octanol–water partition coefficient (Wildman–Crippen LogP) is 3.39. The van der Waals surface area contributed by atoms with Crippen LogP contribution in [0.25, 0.3) is 11.1 Å². The molecular weight excluding hydrogens is 268 g/mol. The van der Waals surface area contributed by atoms with Crippen molar-refractivity contribution in [2.24, 2.45) is 0 Å². The van der Waals surface area contributed by atoms with E-state index in [-0.39, 0.29) is 11.7 Å². The highest BCUT2D eigenvalue weighted by Crippen LogP contribution is 2.26. The van der Waals surface area contributed by atoms with Gasteiger partial charge in [-0.05, 0) is 49.2 Å². The minimum Gasteiger partial charge on any atom is -0.508 e. The van der Waals surface area contributed by atoms with E-state index in [1.165, 1.54) is 0 Å². The van der Waals surface area contributed by atoms with Crippen molar-refractivity contribution in [3.8, 4) is 22.6 Å². The number of phenolic OH excluding ortho intramolecular Hbond substituents is 1. The lowest BCUT2D eigenvalue weighted by Gasteiger charge is -2.14. The standard InChI is InChI=1S/C17H18O4/c1-3-20-17(19)12(2)21-16-6-4-5-14(11-16)13-7-9-15(18)10-8-13/h4-12,18H,3H2,1-2H3. The smallest absolute Gasteiger partial charge is 0.347 e. The Hall–Kier alpha value is -2.49. The molecule has 0 aromatic heterocycles. The molecule has 0 saturated carbocycles. The summed E-state index contributed by atoms with van der Waals surface area (Å²) in [6, 6.07) is 14.3. The second kappa shape index (κ2) is 6.79. The number of hydrogen-bond acceptors (Lipinski definition) is 4. The van der Waals surface area contributed by atoms with Crippen LogP contribution in [-0.4, -0.2) is 23.8 Å². The largest absolute Gasteiger partial charge is 0.508 e. The number of esters is 1. The molecule has 0 aliphatic heterocycles. The summed E-state index contributed by atoms with van der Waals surface area (Å²) in [5, 5.41) is 9.31. The van der Waals surface area contributed by atoms with Gasteiger partial charge in [0.25, 0.3) is 0 Å². The normalized spacial score (nSPS) is 11.7. The Bertz CT molecular complexity index is 604. The third kappa shape index (κ3) is 3.99. The van der Waals surface area contributed by atoms with Crippen LogP contribution in [0.5, 0.6) is 11.5 Å². The summed E-state index contributed by atoms with van der Waals surface area (Å²) >= 11 is 0. The Morgan fingerprint density at radius 1 is 1.14 bits per heavy atom. The maximum atomic E-state index is 11.6. The average molecular weight is 286 g/mol. The van der Waals surface area contributed by atoms with Crippen LogP contribution in [0.15, 0.2) is 48.5 Å². The summed E-state index contributed by atoms with van der Waals surface area (Å²) in [7, 11) is 0. The Kier molecular flexibility index (Phi) is 4.82. The van der Waals surface area contributed by atoms with Gasteiger partial charge in [0.05, 0.1) is 6.61 Å². The number of aromatic hydroxyl groups is 1. The topological polar surface area (TPSA) is 55.8 Å². The lowest BCUT2D eigenvalue weighted by molar-refractivity contribution is -0.150. The van der Waals surface area contributed by atoms with Crippen LogP contribution in [0.1, 0.15) is 13.8 Å². The highest BCUT2D eigenvalue weighted by atomic mass is 16.6. The molecule has 0 spiro atoms. The Labute approximate surface area is 123 Å². The fourth-order valence-corrected chi connectivity index (χ4v) is 1.91. The molecule has 0 aliphatic carbocycles. The van der Waals surface area contributed by atoms with Gasteiger partial charge in [0, 0.05) is 0 Å². The minimum absolute atomic E-state index is 0.224. The van der Waals surface area contributed by atoms with Gasteiger partial charge in [-0.25, -0.2) is 4.79 Å². The van der Waals surface area contributed by atoms with Crippen molar-refractivity contribution in [1.82, 2.24) is 0 Å². The average Bonchev–Trinajstić information content (AvgIpc) is 2.48. The zero-order valence-corrected chi connectivity index (χ0v) is 12.1. The maximum absolute atomic E-state index is 11.6. The number of phenols is 1. The van der Waals surface area contributed by atoms with E-state index in [0.717, 1.165) is 11.1 Å². The van der Waals surface area contributed by atoms with Crippen molar-refractivity contribution in [3.05, 3.63) is 48.5 Å². The van der Waals surface area contributed by atoms with E-state index in [9.17, 15) is 9.90 Å². The van der Waals surface area contributed by atoms with Gasteiger partial charge in [-0.1, -0.05) is 24.3 Å². The first-order chi connectivity index (χ1) is 10.1. The first-order valence-corrected chi connectivity index (χ1v) is 6.83. The zero-order valence-electron chi connectivity index (χ0n) is 12.1. The lowest BCUT2D eigenvalue weighted by atomic mass is 10.1. The number of carbonyl (C=O) groups is 1. The highest BCUT2D eigenvalue weighted by Gasteiger charge is 2.15. The highest BCUT2D eigenvalue weighted by molar-refractivity contribution is 5.74. The van der Waals surface area contributed by atoms with Gasteiger partial charge in [-0.3, -0.25) is 0 Å². The minimum atomic E-state index is -0.653. The van der Waals surface area contributed by atoms with Gasteiger partial charge < -0.3 is 14.6 Å². The zero-order chi connectivity index (χ0) is 15.2. The first kappa shape index (κ1) is 14.9. The van der Waals surface area contributed by atoms with Gasteiger partial charge in [-0.2, -0.15) is 0 Å². The molecule has 0 fully saturated rings. The summed E-state index contributed by atoms with van der Waals surface area (Å²) in [6.07, 6.45) is -0.653. The van der Waals surface area contributed by atoms with E-state index in [1.54, 1.807) is 32.0 Å². The molecule has 1 N–H and O–H groups in total. The van der Waals surface area contributed by atoms with Gasteiger partial charge in [0.15, 0.2) is 6.10 Å². The van der Waals surface area contributed by atoms with E-state index in [2.05, 4.69) is 0 Å². The second-order valence-electron chi connectivity index (χ2n) is 4.59. The van der Waals surface area contributed by atoms with Crippen LogP contribution in [0.4, 0.5) is 0 Å². The number of rotatable bonds is 5. The van der Waals surface area contributed by atoms with Crippen molar-refractivity contribution in [1.29, 1.82) is 0 Å². The van der Waals surface area contributed by atoms with E-state index in [4.69, 9.17) is 9.47 Å². The summed E-state index contributed by atoms with van der Waals surface area (Å²) in [4.78, 5) is 11.6. The van der Waals surface area contributed by atoms with Crippen molar-refractivity contribution in [2.45, 2.75) is 20.0 Å². The molecule has 1 unspecified atom stereocenters. The van der Waals surface area contributed by atoms with Crippen LogP contribution in [0.2, 0.25) is 0 Å². The number of carbonyl (C=O) groups excluding carboxylic acids is 1. The molecule has 0 saturated heterocycles. The molecule has 2 aromatic rings. The van der Waals surface area contributed by atoms with Gasteiger partial charge in [-0.15, -0.1) is 0 Å². The quantitative estimate of drug-likeness (QED) is 0.856. The molecule has 4 nitrogen and oxygen atoms in total. The van der Waals surface area contributed by atoms with Crippen molar-refractivity contribution < 1.29 is 19.4 Å². The molecule has 110 valence electrons. The van der Waals surface area contributed by atoms with E-state index in [1.807, 2.05) is 30.3 Å². The van der Waals surface area contributed by atoms with Gasteiger partial charge >= 0.3 is 5.97 Å². The van der Waals surface area contributed by atoms with Crippen LogP contribution >= 0.6 is 0 Å². The van der Waals surface area contributed by atoms with Crippen molar-refractivity contribution in [2.75, 3.05) is 6.61 Å². The summed E-state index contributed by atoms with van der Waals surface area (Å²) < 4.78 is 10.5. The summed E-state index contributed by atoms with van der Waals surface area (Å²) in [5.41, 5.74) is 1.91. The van der Waals surface area contributed by atoms with Crippen molar-refractivity contribution in [3.63, 3.8) is 0 Å². The molecule has 21 heavy (non-hydrogen) atoms. The van der Waals surface area contributed by atoms with Crippen LogP contribution in [-0.2, 0) is 9.53 Å². The van der Waals surface area contributed by atoms with E-state index >= 15 is 0 Å². The van der Waals surface area contributed by atoms with Gasteiger partial charge in [0.2, 0.25) is 0 Å². The third-order valence-electron chi connectivity index (χ3n) is 2.97. The van der Waals surface area contributed by atoms with Crippen LogP contribution in [0.3, 0.4) is 0 Å². The Morgan fingerprint density at radius 2 is 1.86 bits per heavy atom. The molecule has 2 rings (SSSR count). The third-order valence-corrected chi connectivity index (χ3v) is 2.97. The second-order valence-corrected chi connectivity index (χ2v) is 4.59. The number of hydrogen-bond donors (Lipinski definition) is 1. The van der Waals surface area contributed by atoms with Gasteiger partial charge in [0.1, 0.15) is 11.5 Å². The first-order valence-electron chi connectivity index (χ1n) is 6.83. The predicted molar refractivity (Wildman–Crippen MR) is 80.3 cm³/mol. The SMILES string of the molecule is CCOC(=O)C(C)Oc1cccc(-c2ccc(O)cc2)c1. The monoisotopic (exact) mass is 286 g/mol. The Balaban J connectivity index is 2.14. The molecule has 0 aliphatic rings.